The van der Waals surface area contributed by atoms with Gasteiger partial charge in [-0.25, -0.2) is 5.43 Å². The van der Waals surface area contributed by atoms with Crippen molar-refractivity contribution in [2.75, 3.05) is 20.8 Å². The van der Waals surface area contributed by atoms with Crippen LogP contribution in [0.3, 0.4) is 0 Å². The molecule has 0 atom stereocenters. The Balaban J connectivity index is 1.87. The van der Waals surface area contributed by atoms with E-state index < -0.39 is 5.91 Å². The number of amides is 1. The number of para-hydroxylation sites is 2. The Kier molecular flexibility index (Phi) is 6.01. The van der Waals surface area contributed by atoms with Crippen molar-refractivity contribution in [3.63, 3.8) is 0 Å². The molecule has 0 aliphatic heterocycles. The third kappa shape index (κ3) is 4.64. The summed E-state index contributed by atoms with van der Waals surface area (Å²) in [5, 5.41) is 13.4. The van der Waals surface area contributed by atoms with Gasteiger partial charge in [-0.15, -0.1) is 0 Å². The van der Waals surface area contributed by atoms with E-state index in [1.165, 1.54) is 19.4 Å². The van der Waals surface area contributed by atoms with Gasteiger partial charge in [-0.05, 0) is 35.9 Å². The first-order chi connectivity index (χ1) is 11.6. The number of benzene rings is 2. The number of carbonyl (C=O) groups excluding carboxylic acids is 1. The lowest BCUT2D eigenvalue weighted by molar-refractivity contribution is -0.123. The maximum Gasteiger partial charge on any atom is 0.277 e. The highest BCUT2D eigenvalue weighted by Crippen LogP contribution is 2.27. The van der Waals surface area contributed by atoms with Crippen molar-refractivity contribution >= 4 is 12.1 Å². The average molecular weight is 330 g/mol. The number of carbonyl (C=O) groups is 1. The zero-order chi connectivity index (χ0) is 17.4. The summed E-state index contributed by atoms with van der Waals surface area (Å²) in [6.07, 6.45) is 1.47. The molecule has 7 nitrogen and oxygen atoms in total. The lowest BCUT2D eigenvalue weighted by Gasteiger charge is -2.07. The van der Waals surface area contributed by atoms with Crippen molar-refractivity contribution in [1.29, 1.82) is 0 Å². The number of hydrogen-bond acceptors (Lipinski definition) is 6. The molecule has 2 N–H and O–H groups in total. The third-order valence-corrected chi connectivity index (χ3v) is 3.03. The molecular formula is C17H18N2O5. The van der Waals surface area contributed by atoms with Gasteiger partial charge in [0.1, 0.15) is 0 Å². The van der Waals surface area contributed by atoms with E-state index in [9.17, 15) is 9.90 Å². The molecular weight excluding hydrogens is 312 g/mol. The van der Waals surface area contributed by atoms with Crippen molar-refractivity contribution in [3.8, 4) is 23.0 Å². The zero-order valence-corrected chi connectivity index (χ0v) is 13.4. The van der Waals surface area contributed by atoms with Crippen molar-refractivity contribution < 1.29 is 24.1 Å². The molecule has 0 saturated heterocycles. The smallest absolute Gasteiger partial charge is 0.277 e. The summed E-state index contributed by atoms with van der Waals surface area (Å²) >= 11 is 0. The fraction of sp³-hybridized carbons (Fsp3) is 0.176. The molecule has 7 heteroatoms. The molecule has 0 saturated carbocycles. The van der Waals surface area contributed by atoms with E-state index in [-0.39, 0.29) is 18.1 Å². The monoisotopic (exact) mass is 330 g/mol. The lowest BCUT2D eigenvalue weighted by Crippen LogP contribution is -2.24. The number of methoxy groups -OCH3 is 2. The van der Waals surface area contributed by atoms with E-state index in [0.717, 1.165) is 5.56 Å². The number of hydrazone groups is 1. The number of hydrogen-bond donors (Lipinski definition) is 2. The van der Waals surface area contributed by atoms with Gasteiger partial charge in [-0.2, -0.15) is 5.10 Å². The fourth-order valence-corrected chi connectivity index (χ4v) is 1.87. The first kappa shape index (κ1) is 17.1. The standard InChI is InChI=1S/C17H18N2O5/c1-22-15-8-7-12(9-16(15)23-2)10-18-19-17(21)11-24-14-6-4-3-5-13(14)20/h3-10,20H,11H2,1-2H3,(H,19,21)/b18-10-. The van der Waals surface area contributed by atoms with Gasteiger partial charge in [0.15, 0.2) is 29.6 Å². The summed E-state index contributed by atoms with van der Waals surface area (Å²) in [7, 11) is 3.09. The van der Waals surface area contributed by atoms with Gasteiger partial charge in [0.2, 0.25) is 0 Å². The maximum atomic E-state index is 11.7. The van der Waals surface area contributed by atoms with Crippen molar-refractivity contribution in [1.82, 2.24) is 5.43 Å². The predicted octanol–water partition coefficient (Wildman–Crippen LogP) is 1.94. The van der Waals surface area contributed by atoms with Gasteiger partial charge in [0, 0.05) is 0 Å². The van der Waals surface area contributed by atoms with Crippen LogP contribution in [-0.4, -0.2) is 38.1 Å². The summed E-state index contributed by atoms with van der Waals surface area (Å²) in [5.74, 6) is 0.927. The minimum Gasteiger partial charge on any atom is -0.504 e. The van der Waals surface area contributed by atoms with Gasteiger partial charge in [0.25, 0.3) is 5.91 Å². The van der Waals surface area contributed by atoms with Crippen molar-refractivity contribution in [3.05, 3.63) is 48.0 Å². The topological polar surface area (TPSA) is 89.4 Å². The molecule has 1 amide bonds. The molecule has 0 fully saturated rings. The Bertz CT molecular complexity index is 731. The van der Waals surface area contributed by atoms with Crippen LogP contribution in [0.1, 0.15) is 5.56 Å². The van der Waals surface area contributed by atoms with Crippen LogP contribution in [0, 0.1) is 0 Å². The molecule has 0 bridgehead atoms. The molecule has 24 heavy (non-hydrogen) atoms. The molecule has 0 radical (unpaired) electrons. The summed E-state index contributed by atoms with van der Waals surface area (Å²) in [6.45, 7) is -0.263. The molecule has 0 unspecified atom stereocenters. The Morgan fingerprint density at radius 2 is 1.88 bits per heavy atom. The van der Waals surface area contributed by atoms with E-state index >= 15 is 0 Å². The summed E-state index contributed by atoms with van der Waals surface area (Å²) in [5.41, 5.74) is 3.07. The number of phenolic OH excluding ortho intramolecular Hbond substituents is 1. The van der Waals surface area contributed by atoms with Gasteiger partial charge in [0.05, 0.1) is 20.4 Å². The molecule has 0 aliphatic carbocycles. The molecule has 0 heterocycles. The summed E-state index contributed by atoms with van der Waals surface area (Å²) < 4.78 is 15.5. The van der Waals surface area contributed by atoms with Crippen LogP contribution in [-0.2, 0) is 4.79 Å². The second-order valence-electron chi connectivity index (χ2n) is 4.66. The Morgan fingerprint density at radius 1 is 1.12 bits per heavy atom. The van der Waals surface area contributed by atoms with Crippen LogP contribution in [0.2, 0.25) is 0 Å². The number of rotatable bonds is 7. The van der Waals surface area contributed by atoms with Crippen LogP contribution in [0.25, 0.3) is 0 Å². The van der Waals surface area contributed by atoms with Crippen LogP contribution in [0.15, 0.2) is 47.6 Å². The second-order valence-corrected chi connectivity index (χ2v) is 4.66. The zero-order valence-electron chi connectivity index (χ0n) is 13.4. The lowest BCUT2D eigenvalue weighted by atomic mass is 10.2. The van der Waals surface area contributed by atoms with E-state index in [1.807, 2.05) is 0 Å². The molecule has 0 aromatic heterocycles. The van der Waals surface area contributed by atoms with E-state index in [4.69, 9.17) is 14.2 Å². The highest BCUT2D eigenvalue weighted by Gasteiger charge is 2.05. The molecule has 0 aliphatic rings. The number of nitrogens with one attached hydrogen (secondary N) is 1. The van der Waals surface area contributed by atoms with Gasteiger partial charge in [-0.1, -0.05) is 12.1 Å². The van der Waals surface area contributed by atoms with Crippen LogP contribution in [0.4, 0.5) is 0 Å². The Morgan fingerprint density at radius 3 is 2.58 bits per heavy atom. The van der Waals surface area contributed by atoms with E-state index in [2.05, 4.69) is 10.5 Å². The van der Waals surface area contributed by atoms with Crippen LogP contribution >= 0.6 is 0 Å². The predicted molar refractivity (Wildman–Crippen MR) is 88.9 cm³/mol. The van der Waals surface area contributed by atoms with Gasteiger partial charge in [-0.3, -0.25) is 4.79 Å². The van der Waals surface area contributed by atoms with Gasteiger partial charge < -0.3 is 19.3 Å². The largest absolute Gasteiger partial charge is 0.504 e. The first-order valence-corrected chi connectivity index (χ1v) is 7.08. The molecule has 2 aromatic rings. The number of nitrogens with zero attached hydrogens (tertiary/aromatic N) is 1. The van der Waals surface area contributed by atoms with Crippen LogP contribution < -0.4 is 19.6 Å². The maximum absolute atomic E-state index is 11.7. The minimum atomic E-state index is -0.449. The third-order valence-electron chi connectivity index (χ3n) is 3.03. The highest BCUT2D eigenvalue weighted by atomic mass is 16.5. The average Bonchev–Trinajstić information content (AvgIpc) is 2.61. The van der Waals surface area contributed by atoms with Crippen molar-refractivity contribution in [2.24, 2.45) is 5.10 Å². The quantitative estimate of drug-likeness (QED) is 0.598. The molecule has 0 spiro atoms. The highest BCUT2D eigenvalue weighted by molar-refractivity contribution is 5.83. The van der Waals surface area contributed by atoms with Gasteiger partial charge >= 0.3 is 0 Å². The number of aromatic hydroxyl groups is 1. The summed E-state index contributed by atoms with van der Waals surface area (Å²) in [4.78, 5) is 11.7. The second kappa shape index (κ2) is 8.42. The Hall–Kier alpha value is -3.22. The molecule has 2 rings (SSSR count). The van der Waals surface area contributed by atoms with Crippen molar-refractivity contribution in [2.45, 2.75) is 0 Å². The SMILES string of the molecule is COc1ccc(/C=N\NC(=O)COc2ccccc2O)cc1OC. The first-order valence-electron chi connectivity index (χ1n) is 7.08. The normalized spacial score (nSPS) is 10.4. The molecule has 2 aromatic carbocycles. The Labute approximate surface area is 139 Å². The summed E-state index contributed by atoms with van der Waals surface area (Å²) in [6, 6.07) is 11.6. The van der Waals surface area contributed by atoms with Crippen LogP contribution in [0.5, 0.6) is 23.0 Å². The fourth-order valence-electron chi connectivity index (χ4n) is 1.87. The van der Waals surface area contributed by atoms with E-state index in [0.29, 0.717) is 11.5 Å². The number of phenols is 1. The van der Waals surface area contributed by atoms with E-state index in [1.54, 1.807) is 43.5 Å². The number of ether oxygens (including phenoxy) is 3. The molecule has 126 valence electrons. The minimum absolute atomic E-state index is 0.0286.